The molecule has 6 heteroatoms. The fraction of sp³-hybridized carbons (Fsp3) is 0.632. The summed E-state index contributed by atoms with van der Waals surface area (Å²) >= 11 is 3.49. The molecule has 0 bridgehead atoms. The lowest BCUT2D eigenvalue weighted by atomic mass is 10.1. The number of nitrogens with zero attached hydrogens (tertiary/aromatic N) is 1. The molecule has 0 radical (unpaired) electrons. The van der Waals surface area contributed by atoms with Gasteiger partial charge in [-0.3, -0.25) is 4.99 Å². The van der Waals surface area contributed by atoms with Crippen molar-refractivity contribution in [3.63, 3.8) is 0 Å². The Balaban J connectivity index is 1.28. The van der Waals surface area contributed by atoms with Crippen molar-refractivity contribution >= 4 is 21.9 Å². The fourth-order valence-electron chi connectivity index (χ4n) is 3.15. The summed E-state index contributed by atoms with van der Waals surface area (Å²) in [6.45, 7) is 4.22. The molecule has 3 unspecified atom stereocenters. The Morgan fingerprint density at radius 2 is 2.20 bits per heavy atom. The molecule has 25 heavy (non-hydrogen) atoms. The Morgan fingerprint density at radius 1 is 1.36 bits per heavy atom. The maximum atomic E-state index is 5.73. The molecule has 0 amide bonds. The van der Waals surface area contributed by atoms with E-state index in [-0.39, 0.29) is 0 Å². The highest BCUT2D eigenvalue weighted by Gasteiger charge is 2.38. The molecule has 1 heterocycles. The predicted molar refractivity (Wildman–Crippen MR) is 104 cm³/mol. The second kappa shape index (κ2) is 9.55. The highest BCUT2D eigenvalue weighted by atomic mass is 79.9. The van der Waals surface area contributed by atoms with E-state index >= 15 is 0 Å². The van der Waals surface area contributed by atoms with Gasteiger partial charge in [-0.05, 0) is 37.0 Å². The Hall–Kier alpha value is -1.11. The van der Waals surface area contributed by atoms with Gasteiger partial charge >= 0.3 is 0 Å². The van der Waals surface area contributed by atoms with E-state index < -0.39 is 0 Å². The van der Waals surface area contributed by atoms with Gasteiger partial charge in [-0.15, -0.1) is 0 Å². The first-order valence-corrected chi connectivity index (χ1v) is 9.93. The molecule has 1 saturated heterocycles. The number of ether oxygens (including phenoxy) is 2. The molecule has 138 valence electrons. The molecule has 1 aliphatic carbocycles. The molecule has 2 N–H and O–H groups in total. The van der Waals surface area contributed by atoms with Gasteiger partial charge in [-0.2, -0.15) is 0 Å². The van der Waals surface area contributed by atoms with Crippen LogP contribution in [0.4, 0.5) is 0 Å². The van der Waals surface area contributed by atoms with Crippen LogP contribution in [0.15, 0.2) is 33.7 Å². The van der Waals surface area contributed by atoms with Crippen LogP contribution in [0.3, 0.4) is 0 Å². The number of guanidine groups is 1. The predicted octanol–water partition coefficient (Wildman–Crippen LogP) is 2.91. The molecule has 1 aromatic carbocycles. The summed E-state index contributed by atoms with van der Waals surface area (Å²) in [5, 5.41) is 6.89. The molecule has 5 nitrogen and oxygen atoms in total. The van der Waals surface area contributed by atoms with Crippen molar-refractivity contribution in [1.29, 1.82) is 0 Å². The Bertz CT molecular complexity index is 558. The monoisotopic (exact) mass is 409 g/mol. The van der Waals surface area contributed by atoms with E-state index in [1.54, 1.807) is 0 Å². The third-order valence-electron chi connectivity index (χ3n) is 4.77. The summed E-state index contributed by atoms with van der Waals surface area (Å²) in [5.74, 6) is 2.06. The van der Waals surface area contributed by atoms with E-state index in [9.17, 15) is 0 Å². The zero-order chi connectivity index (χ0) is 17.5. The number of benzene rings is 1. The highest BCUT2D eigenvalue weighted by molar-refractivity contribution is 9.10. The maximum Gasteiger partial charge on any atom is 0.191 e. The average Bonchev–Trinajstić information content (AvgIpc) is 3.19. The summed E-state index contributed by atoms with van der Waals surface area (Å²) in [7, 11) is 1.82. The van der Waals surface area contributed by atoms with Crippen molar-refractivity contribution in [1.82, 2.24) is 10.6 Å². The van der Waals surface area contributed by atoms with Crippen molar-refractivity contribution in [3.05, 3.63) is 34.3 Å². The van der Waals surface area contributed by atoms with Gasteiger partial charge in [-0.25, -0.2) is 0 Å². The van der Waals surface area contributed by atoms with Gasteiger partial charge < -0.3 is 20.1 Å². The second-order valence-electron chi connectivity index (χ2n) is 6.80. The third-order valence-corrected chi connectivity index (χ3v) is 5.30. The minimum Gasteiger partial charge on any atom is -0.381 e. The highest BCUT2D eigenvalue weighted by Crippen LogP contribution is 2.40. The molecule has 0 aromatic heterocycles. The summed E-state index contributed by atoms with van der Waals surface area (Å²) in [6, 6.07) is 9.08. The lowest BCUT2D eigenvalue weighted by Crippen LogP contribution is -2.39. The van der Waals surface area contributed by atoms with Crippen LogP contribution in [0.25, 0.3) is 0 Å². The molecule has 1 aliphatic heterocycles. The van der Waals surface area contributed by atoms with Crippen molar-refractivity contribution < 1.29 is 9.47 Å². The van der Waals surface area contributed by atoms with Crippen LogP contribution in [-0.4, -0.2) is 52.0 Å². The summed E-state index contributed by atoms with van der Waals surface area (Å²) < 4.78 is 12.2. The first-order chi connectivity index (χ1) is 12.3. The van der Waals surface area contributed by atoms with E-state index in [1.165, 1.54) is 5.56 Å². The van der Waals surface area contributed by atoms with E-state index in [4.69, 9.17) is 9.47 Å². The Morgan fingerprint density at radius 3 is 2.92 bits per heavy atom. The number of rotatable bonds is 8. The first kappa shape index (κ1) is 18.7. The quantitative estimate of drug-likeness (QED) is 0.393. The van der Waals surface area contributed by atoms with Crippen LogP contribution in [0.1, 0.15) is 30.7 Å². The van der Waals surface area contributed by atoms with Crippen LogP contribution in [0.2, 0.25) is 0 Å². The minimum absolute atomic E-state index is 0.478. The van der Waals surface area contributed by atoms with Gasteiger partial charge in [0.25, 0.3) is 0 Å². The Labute approximate surface area is 158 Å². The molecule has 2 fully saturated rings. The zero-order valence-electron chi connectivity index (χ0n) is 14.8. The van der Waals surface area contributed by atoms with Gasteiger partial charge in [0.05, 0.1) is 13.2 Å². The number of hydrogen-bond donors (Lipinski definition) is 2. The lowest BCUT2D eigenvalue weighted by Gasteiger charge is -2.13. The first-order valence-electron chi connectivity index (χ1n) is 9.14. The zero-order valence-corrected chi connectivity index (χ0v) is 16.4. The van der Waals surface area contributed by atoms with E-state index in [1.807, 2.05) is 7.05 Å². The van der Waals surface area contributed by atoms with Gasteiger partial charge in [0.15, 0.2) is 5.96 Å². The van der Waals surface area contributed by atoms with Gasteiger partial charge in [-0.1, -0.05) is 28.1 Å². The number of hydrogen-bond acceptors (Lipinski definition) is 3. The topological polar surface area (TPSA) is 54.9 Å². The van der Waals surface area contributed by atoms with Gasteiger partial charge in [0.2, 0.25) is 0 Å². The maximum absolute atomic E-state index is 5.73. The molecule has 3 rings (SSSR count). The van der Waals surface area contributed by atoms with Crippen molar-refractivity contribution in [3.8, 4) is 0 Å². The van der Waals surface area contributed by atoms with Crippen molar-refractivity contribution in [2.75, 3.05) is 40.0 Å². The van der Waals surface area contributed by atoms with Crippen LogP contribution in [0, 0.1) is 5.92 Å². The average molecular weight is 410 g/mol. The number of aliphatic imine (C=N–C) groups is 1. The molecule has 1 saturated carbocycles. The van der Waals surface area contributed by atoms with E-state index in [0.717, 1.165) is 62.7 Å². The van der Waals surface area contributed by atoms with Gasteiger partial charge in [0, 0.05) is 49.2 Å². The number of nitrogens with one attached hydrogen (secondary N) is 2. The van der Waals surface area contributed by atoms with Crippen LogP contribution >= 0.6 is 15.9 Å². The number of halogens is 1. The molecular formula is C19H28BrN3O2. The fourth-order valence-corrected chi connectivity index (χ4v) is 3.41. The minimum atomic E-state index is 0.478. The van der Waals surface area contributed by atoms with Crippen LogP contribution < -0.4 is 10.6 Å². The van der Waals surface area contributed by atoms with Crippen LogP contribution in [0.5, 0.6) is 0 Å². The summed E-state index contributed by atoms with van der Waals surface area (Å²) in [4.78, 5) is 4.32. The summed E-state index contributed by atoms with van der Waals surface area (Å²) in [6.07, 6.45) is 3.28. The van der Waals surface area contributed by atoms with Crippen molar-refractivity contribution in [2.24, 2.45) is 10.9 Å². The second-order valence-corrected chi connectivity index (χ2v) is 7.72. The largest absolute Gasteiger partial charge is 0.381 e. The molecule has 3 atom stereocenters. The molecule has 2 aliphatic rings. The normalized spacial score (nSPS) is 25.8. The molecular weight excluding hydrogens is 382 g/mol. The molecule has 0 spiro atoms. The smallest absolute Gasteiger partial charge is 0.191 e. The van der Waals surface area contributed by atoms with E-state index in [0.29, 0.717) is 17.9 Å². The summed E-state index contributed by atoms with van der Waals surface area (Å²) in [5.41, 5.74) is 1.39. The van der Waals surface area contributed by atoms with Crippen molar-refractivity contribution in [2.45, 2.75) is 31.2 Å². The van der Waals surface area contributed by atoms with E-state index in [2.05, 4.69) is 55.8 Å². The van der Waals surface area contributed by atoms with Crippen LogP contribution in [-0.2, 0) is 9.47 Å². The lowest BCUT2D eigenvalue weighted by molar-refractivity contribution is 0.0888. The van der Waals surface area contributed by atoms with Gasteiger partial charge in [0.1, 0.15) is 0 Å². The third kappa shape index (κ3) is 5.97. The Kier molecular flexibility index (Phi) is 7.13. The molecule has 1 aromatic rings. The SMILES string of the molecule is CN=C(NCCCOCC1CCOC1)NC1CC1c1ccc(Br)cc1. The standard InChI is InChI=1S/C19H28BrN3O2/c1-21-19(22-8-2-9-24-12-14-7-10-25-13-14)23-18-11-17(18)15-3-5-16(20)6-4-15/h3-6,14,17-18H,2,7-13H2,1H3,(H2,21,22,23).